The van der Waals surface area contributed by atoms with Gasteiger partial charge in [-0.05, 0) is 69.7 Å². The van der Waals surface area contributed by atoms with Gasteiger partial charge in [-0.1, -0.05) is 24.3 Å². The number of urea groups is 1. The van der Waals surface area contributed by atoms with Gasteiger partial charge in [0.2, 0.25) is 0 Å². The summed E-state index contributed by atoms with van der Waals surface area (Å²) < 4.78 is 0. The van der Waals surface area contributed by atoms with Crippen molar-refractivity contribution in [1.29, 1.82) is 0 Å². The highest BCUT2D eigenvalue weighted by atomic mass is 16.2. The van der Waals surface area contributed by atoms with Crippen LogP contribution in [0, 0.1) is 12.8 Å². The van der Waals surface area contributed by atoms with Crippen molar-refractivity contribution < 1.29 is 9.59 Å². The maximum absolute atomic E-state index is 12.9. The van der Waals surface area contributed by atoms with Gasteiger partial charge < -0.3 is 10.6 Å². The van der Waals surface area contributed by atoms with Crippen molar-refractivity contribution in [1.82, 2.24) is 4.90 Å². The number of carbonyl (C=O) groups is 2. The highest BCUT2D eigenvalue weighted by molar-refractivity contribution is 6.02. The predicted molar refractivity (Wildman–Crippen MR) is 104 cm³/mol. The molecule has 0 unspecified atom stereocenters. The Morgan fingerprint density at radius 1 is 1.04 bits per heavy atom. The number of Topliss-reactive ketones (excluding diaryl/α,β-unsaturated/α-hetero) is 1. The van der Waals surface area contributed by atoms with Gasteiger partial charge >= 0.3 is 6.03 Å². The third kappa shape index (κ3) is 3.94. The molecule has 0 aromatic heterocycles. The molecule has 5 heteroatoms. The molecule has 0 atom stereocenters. The second kappa shape index (κ2) is 7.70. The molecule has 0 aliphatic carbocycles. The lowest BCUT2D eigenvalue weighted by Crippen LogP contribution is -2.34. The van der Waals surface area contributed by atoms with Crippen LogP contribution in [0.15, 0.2) is 48.5 Å². The second-order valence-electron chi connectivity index (χ2n) is 7.00. The van der Waals surface area contributed by atoms with Gasteiger partial charge in [0.25, 0.3) is 0 Å². The van der Waals surface area contributed by atoms with Crippen LogP contribution >= 0.6 is 0 Å². The number of amides is 2. The fraction of sp³-hybridized carbons (Fsp3) is 0.333. The number of likely N-dealkylation sites (tertiary alicyclic amines) is 1. The predicted octanol–water partition coefficient (Wildman–Crippen LogP) is 3.74. The molecule has 26 heavy (non-hydrogen) atoms. The maximum Gasteiger partial charge on any atom is 0.323 e. The average molecular weight is 351 g/mol. The Hall–Kier alpha value is -2.66. The van der Waals surface area contributed by atoms with Crippen LogP contribution in [-0.2, 0) is 0 Å². The zero-order chi connectivity index (χ0) is 18.7. The molecular formula is C21H25N3O2. The summed E-state index contributed by atoms with van der Waals surface area (Å²) in [5, 5.41) is 0. The van der Waals surface area contributed by atoms with Gasteiger partial charge in [0.15, 0.2) is 5.78 Å². The van der Waals surface area contributed by atoms with E-state index < -0.39 is 6.03 Å². The summed E-state index contributed by atoms with van der Waals surface area (Å²) in [7, 11) is 2.08. The number of anilines is 2. The van der Waals surface area contributed by atoms with Crippen LogP contribution in [0.25, 0.3) is 0 Å². The van der Waals surface area contributed by atoms with Crippen LogP contribution in [-0.4, -0.2) is 36.9 Å². The molecule has 2 N–H and O–H groups in total. The number of rotatable bonds is 4. The van der Waals surface area contributed by atoms with Crippen molar-refractivity contribution in [3.8, 4) is 0 Å². The minimum Gasteiger partial charge on any atom is -0.351 e. The van der Waals surface area contributed by atoms with E-state index in [1.165, 1.54) is 4.90 Å². The Bertz CT molecular complexity index is 810. The summed E-state index contributed by atoms with van der Waals surface area (Å²) in [6.45, 7) is 3.84. The lowest BCUT2D eigenvalue weighted by Gasteiger charge is -2.28. The number of nitrogens with two attached hydrogens (primary N) is 1. The number of aryl methyl sites for hydroxylation is 1. The first-order valence-electron chi connectivity index (χ1n) is 8.95. The standard InChI is InChI=1S/C21H25N3O2/c1-15-5-3-7-18(13-15)24(21(22)26)19-8-4-6-17(14-19)20(25)16-9-11-23(2)12-10-16/h3-8,13-14,16H,9-12H2,1-2H3,(H2,22,26). The van der Waals surface area contributed by atoms with Gasteiger partial charge in [-0.3, -0.25) is 9.69 Å². The lowest BCUT2D eigenvalue weighted by atomic mass is 9.89. The Kier molecular flexibility index (Phi) is 5.38. The first kappa shape index (κ1) is 18.1. The van der Waals surface area contributed by atoms with Crippen LogP contribution < -0.4 is 10.6 Å². The Labute approximate surface area is 154 Å². The Morgan fingerprint density at radius 3 is 2.27 bits per heavy atom. The van der Waals surface area contributed by atoms with E-state index in [1.54, 1.807) is 12.1 Å². The van der Waals surface area contributed by atoms with E-state index in [9.17, 15) is 9.59 Å². The largest absolute Gasteiger partial charge is 0.351 e. The Balaban J connectivity index is 1.89. The van der Waals surface area contributed by atoms with Crippen molar-refractivity contribution in [2.75, 3.05) is 25.0 Å². The molecule has 2 aromatic rings. The number of hydrogen-bond donors (Lipinski definition) is 1. The van der Waals surface area contributed by atoms with E-state index in [4.69, 9.17) is 5.73 Å². The van der Waals surface area contributed by atoms with E-state index in [0.717, 1.165) is 31.5 Å². The van der Waals surface area contributed by atoms with Crippen LogP contribution in [0.1, 0.15) is 28.8 Å². The highest BCUT2D eigenvalue weighted by Gasteiger charge is 2.25. The Morgan fingerprint density at radius 2 is 1.65 bits per heavy atom. The highest BCUT2D eigenvalue weighted by Crippen LogP contribution is 2.28. The van der Waals surface area contributed by atoms with Crippen molar-refractivity contribution in [2.45, 2.75) is 19.8 Å². The summed E-state index contributed by atoms with van der Waals surface area (Å²) in [6, 6.07) is 14.2. The molecule has 3 rings (SSSR count). The summed E-state index contributed by atoms with van der Waals surface area (Å²) >= 11 is 0. The molecule has 1 saturated heterocycles. The van der Waals surface area contributed by atoms with Crippen LogP contribution in [0.5, 0.6) is 0 Å². The van der Waals surface area contributed by atoms with E-state index in [2.05, 4.69) is 11.9 Å². The number of primary amides is 1. The minimum atomic E-state index is -0.570. The smallest absolute Gasteiger partial charge is 0.323 e. The summed E-state index contributed by atoms with van der Waals surface area (Å²) in [5.74, 6) is 0.191. The van der Waals surface area contributed by atoms with Gasteiger partial charge in [-0.25, -0.2) is 4.79 Å². The van der Waals surface area contributed by atoms with Gasteiger partial charge in [-0.2, -0.15) is 0 Å². The molecule has 1 heterocycles. The molecule has 1 aliphatic rings. The van der Waals surface area contributed by atoms with E-state index >= 15 is 0 Å². The first-order chi connectivity index (χ1) is 12.5. The topological polar surface area (TPSA) is 66.6 Å². The third-order valence-electron chi connectivity index (χ3n) is 4.96. The van der Waals surface area contributed by atoms with Crippen LogP contribution in [0.4, 0.5) is 16.2 Å². The molecule has 2 amide bonds. The normalized spacial score (nSPS) is 15.6. The zero-order valence-corrected chi connectivity index (χ0v) is 15.3. The van der Waals surface area contributed by atoms with Gasteiger partial charge in [-0.15, -0.1) is 0 Å². The van der Waals surface area contributed by atoms with Gasteiger partial charge in [0.1, 0.15) is 0 Å². The quantitative estimate of drug-likeness (QED) is 0.854. The molecular weight excluding hydrogens is 326 g/mol. The number of benzene rings is 2. The summed E-state index contributed by atoms with van der Waals surface area (Å²) in [5.41, 5.74) is 8.61. The minimum absolute atomic E-state index is 0.0439. The molecule has 2 aromatic carbocycles. The number of ketones is 1. The lowest BCUT2D eigenvalue weighted by molar-refractivity contribution is 0.0857. The molecule has 5 nitrogen and oxygen atoms in total. The third-order valence-corrected chi connectivity index (χ3v) is 4.96. The van der Waals surface area contributed by atoms with E-state index in [0.29, 0.717) is 16.9 Å². The fourth-order valence-corrected chi connectivity index (χ4v) is 3.48. The molecule has 136 valence electrons. The van der Waals surface area contributed by atoms with Crippen molar-refractivity contribution in [3.63, 3.8) is 0 Å². The average Bonchev–Trinajstić information content (AvgIpc) is 2.62. The van der Waals surface area contributed by atoms with Gasteiger partial charge in [0.05, 0.1) is 11.4 Å². The maximum atomic E-state index is 12.9. The number of hydrogen-bond acceptors (Lipinski definition) is 3. The number of carbonyl (C=O) groups excluding carboxylic acids is 2. The van der Waals surface area contributed by atoms with Crippen molar-refractivity contribution >= 4 is 23.2 Å². The first-order valence-corrected chi connectivity index (χ1v) is 8.95. The second-order valence-corrected chi connectivity index (χ2v) is 7.00. The molecule has 0 bridgehead atoms. The molecule has 1 aliphatic heterocycles. The summed E-state index contributed by atoms with van der Waals surface area (Å²) in [6.07, 6.45) is 1.74. The molecule has 0 saturated carbocycles. The van der Waals surface area contributed by atoms with E-state index in [-0.39, 0.29) is 11.7 Å². The number of piperidine rings is 1. The van der Waals surface area contributed by atoms with Crippen LogP contribution in [0.2, 0.25) is 0 Å². The molecule has 0 spiro atoms. The SMILES string of the molecule is Cc1cccc(N(C(N)=O)c2cccc(C(=O)C3CCN(C)CC3)c2)c1. The van der Waals surface area contributed by atoms with Gasteiger partial charge in [0, 0.05) is 11.5 Å². The van der Waals surface area contributed by atoms with Crippen LogP contribution in [0.3, 0.4) is 0 Å². The number of nitrogens with zero attached hydrogens (tertiary/aromatic N) is 2. The zero-order valence-electron chi connectivity index (χ0n) is 15.3. The summed E-state index contributed by atoms with van der Waals surface area (Å²) in [4.78, 5) is 28.7. The van der Waals surface area contributed by atoms with Crippen molar-refractivity contribution in [3.05, 3.63) is 59.7 Å². The molecule has 1 fully saturated rings. The molecule has 0 radical (unpaired) electrons. The monoisotopic (exact) mass is 351 g/mol. The van der Waals surface area contributed by atoms with E-state index in [1.807, 2.05) is 43.3 Å². The van der Waals surface area contributed by atoms with Crippen molar-refractivity contribution in [2.24, 2.45) is 11.7 Å². The fourth-order valence-electron chi connectivity index (χ4n) is 3.48.